The number of oxazole rings is 1. The Bertz CT molecular complexity index is 1520. The summed E-state index contributed by atoms with van der Waals surface area (Å²) in [5.74, 6) is 0.315. The van der Waals surface area contributed by atoms with Gasteiger partial charge in [-0.3, -0.25) is 4.79 Å². The summed E-state index contributed by atoms with van der Waals surface area (Å²) in [4.78, 5) is 18.1. The quantitative estimate of drug-likeness (QED) is 0.216. The number of carbonyl (C=O) groups excluding carboxylic acids is 1. The molecule has 1 amide bonds. The number of hydrogen-bond donors (Lipinski definition) is 2. The van der Waals surface area contributed by atoms with Crippen LogP contribution in [0.4, 0.5) is 5.69 Å². The first-order chi connectivity index (χ1) is 18.5. The van der Waals surface area contributed by atoms with Gasteiger partial charge >= 0.3 is 0 Å². The van der Waals surface area contributed by atoms with Crippen LogP contribution in [0.15, 0.2) is 108 Å². The highest BCUT2D eigenvalue weighted by Gasteiger charge is 2.23. The molecule has 1 heterocycles. The van der Waals surface area contributed by atoms with Crippen LogP contribution in [-0.4, -0.2) is 16.0 Å². The Morgan fingerprint density at radius 3 is 2.21 bits per heavy atom. The average Bonchev–Trinajstić information content (AvgIpc) is 3.38. The molecule has 0 spiro atoms. The molecule has 5 aromatic rings. The monoisotopic (exact) mass is 519 g/mol. The molecule has 0 aliphatic heterocycles. The molecular weight excluding hydrogens is 490 g/mol. The minimum Gasteiger partial charge on any atom is -0.436 e. The van der Waals surface area contributed by atoms with Crippen molar-refractivity contribution in [3.8, 4) is 11.5 Å². The van der Waals surface area contributed by atoms with Crippen molar-refractivity contribution in [2.75, 3.05) is 5.32 Å². The number of thiocarbonyl (C=S) groups is 1. The summed E-state index contributed by atoms with van der Waals surface area (Å²) in [6, 6.07) is 33.2. The zero-order valence-corrected chi connectivity index (χ0v) is 22.2. The Labute approximate surface area is 227 Å². The van der Waals surface area contributed by atoms with E-state index < -0.39 is 5.92 Å². The summed E-state index contributed by atoms with van der Waals surface area (Å²) in [7, 11) is 0. The normalized spacial score (nSPS) is 11.9. The van der Waals surface area contributed by atoms with E-state index in [4.69, 9.17) is 21.6 Å². The van der Waals surface area contributed by atoms with E-state index in [2.05, 4.69) is 36.6 Å². The predicted molar refractivity (Wildman–Crippen MR) is 157 cm³/mol. The number of hydrogen-bond acceptors (Lipinski definition) is 4. The molecule has 5 rings (SSSR count). The summed E-state index contributed by atoms with van der Waals surface area (Å²) in [5.41, 5.74) is 6.18. The third kappa shape index (κ3) is 5.66. The third-order valence-corrected chi connectivity index (χ3v) is 6.93. The second-order valence-corrected chi connectivity index (χ2v) is 9.74. The van der Waals surface area contributed by atoms with Crippen LogP contribution < -0.4 is 10.6 Å². The van der Waals surface area contributed by atoms with E-state index in [9.17, 15) is 4.79 Å². The van der Waals surface area contributed by atoms with Crippen LogP contribution in [0.1, 0.15) is 48.8 Å². The van der Waals surface area contributed by atoms with Crippen LogP contribution in [0.5, 0.6) is 0 Å². The Balaban J connectivity index is 1.32. The van der Waals surface area contributed by atoms with Crippen molar-refractivity contribution in [1.82, 2.24) is 10.3 Å². The van der Waals surface area contributed by atoms with Crippen molar-refractivity contribution in [3.63, 3.8) is 0 Å². The zero-order valence-electron chi connectivity index (χ0n) is 21.3. The van der Waals surface area contributed by atoms with E-state index in [0.29, 0.717) is 11.8 Å². The predicted octanol–water partition coefficient (Wildman–Crippen LogP) is 7.65. The van der Waals surface area contributed by atoms with Gasteiger partial charge in [0.05, 0.1) is 5.92 Å². The van der Waals surface area contributed by atoms with E-state index in [1.54, 1.807) is 0 Å². The van der Waals surface area contributed by atoms with Gasteiger partial charge in [0.2, 0.25) is 11.8 Å². The molecule has 6 heteroatoms. The molecule has 0 aliphatic rings. The first kappa shape index (κ1) is 25.4. The Kier molecular flexibility index (Phi) is 7.61. The molecule has 0 radical (unpaired) electrons. The highest BCUT2D eigenvalue weighted by molar-refractivity contribution is 7.80. The highest BCUT2D eigenvalue weighted by atomic mass is 32.1. The molecule has 0 fully saturated rings. The maximum atomic E-state index is 13.4. The molecule has 0 unspecified atom stereocenters. The number of nitrogens with zero attached hydrogens (tertiary/aromatic N) is 1. The van der Waals surface area contributed by atoms with Gasteiger partial charge in [-0.25, -0.2) is 4.98 Å². The Hall–Kier alpha value is -4.29. The van der Waals surface area contributed by atoms with E-state index in [1.807, 2.05) is 91.0 Å². The van der Waals surface area contributed by atoms with Gasteiger partial charge in [0.15, 0.2) is 10.7 Å². The van der Waals surface area contributed by atoms with Crippen molar-refractivity contribution in [2.45, 2.75) is 32.1 Å². The fourth-order valence-corrected chi connectivity index (χ4v) is 4.69. The maximum Gasteiger partial charge on any atom is 0.238 e. The fourth-order valence-electron chi connectivity index (χ4n) is 4.47. The van der Waals surface area contributed by atoms with Gasteiger partial charge in [0.25, 0.3) is 0 Å². The first-order valence-electron chi connectivity index (χ1n) is 12.7. The topological polar surface area (TPSA) is 67.2 Å². The molecule has 190 valence electrons. The van der Waals surface area contributed by atoms with E-state index >= 15 is 0 Å². The van der Waals surface area contributed by atoms with Crippen LogP contribution in [0.2, 0.25) is 0 Å². The molecule has 0 aliphatic carbocycles. The van der Waals surface area contributed by atoms with Gasteiger partial charge in [-0.2, -0.15) is 0 Å². The van der Waals surface area contributed by atoms with Gasteiger partial charge in [-0.1, -0.05) is 86.6 Å². The Morgan fingerprint density at radius 1 is 0.868 bits per heavy atom. The lowest BCUT2D eigenvalue weighted by atomic mass is 9.90. The Morgan fingerprint density at radius 2 is 1.55 bits per heavy atom. The lowest BCUT2D eigenvalue weighted by molar-refractivity contribution is -0.120. The molecular formula is C32H29N3O2S. The lowest BCUT2D eigenvalue weighted by Crippen LogP contribution is -2.37. The zero-order chi connectivity index (χ0) is 26.5. The number of nitrogens with one attached hydrogen (secondary N) is 2. The molecule has 0 bridgehead atoms. The van der Waals surface area contributed by atoms with Crippen LogP contribution in [-0.2, 0) is 4.79 Å². The van der Waals surface area contributed by atoms with Crippen molar-refractivity contribution in [3.05, 3.63) is 120 Å². The number of benzene rings is 4. The van der Waals surface area contributed by atoms with E-state index in [1.165, 1.54) is 5.56 Å². The van der Waals surface area contributed by atoms with Crippen molar-refractivity contribution >= 4 is 40.0 Å². The molecule has 1 aromatic heterocycles. The summed E-state index contributed by atoms with van der Waals surface area (Å²) >= 11 is 5.51. The highest BCUT2D eigenvalue weighted by Crippen LogP contribution is 2.29. The maximum absolute atomic E-state index is 13.4. The molecule has 0 saturated carbocycles. The molecule has 0 saturated heterocycles. The fraction of sp³-hybridized carbons (Fsp3) is 0.156. The van der Waals surface area contributed by atoms with E-state index in [0.717, 1.165) is 39.9 Å². The number of carbonyl (C=O) groups is 1. The van der Waals surface area contributed by atoms with Crippen LogP contribution >= 0.6 is 12.2 Å². The standard InChI is InChI=1S/C32H29N3O2S/c1-3-21(2)24-17-18-28-27(20-24)34-31(37-28)25-15-10-16-26(19-25)33-32(38)35-30(36)29(22-11-6-4-7-12-22)23-13-8-5-9-14-23/h4-21,29H,3H2,1-2H3,(H2,33,35,36,38)/t21-/m0/s1. The smallest absolute Gasteiger partial charge is 0.238 e. The number of aromatic nitrogens is 1. The van der Waals surface area contributed by atoms with Gasteiger partial charge in [0, 0.05) is 11.3 Å². The average molecular weight is 520 g/mol. The van der Waals surface area contributed by atoms with Crippen LogP contribution in [0.25, 0.3) is 22.6 Å². The summed E-state index contributed by atoms with van der Waals surface area (Å²) in [5, 5.41) is 6.23. The summed E-state index contributed by atoms with van der Waals surface area (Å²) < 4.78 is 6.03. The van der Waals surface area contributed by atoms with E-state index in [-0.39, 0.29) is 11.0 Å². The van der Waals surface area contributed by atoms with Gasteiger partial charge in [-0.05, 0) is 71.6 Å². The SMILES string of the molecule is CC[C@H](C)c1ccc2oc(-c3cccc(NC(=S)NC(=O)C(c4ccccc4)c4ccccc4)c3)nc2c1. The van der Waals surface area contributed by atoms with Gasteiger partial charge in [-0.15, -0.1) is 0 Å². The molecule has 1 atom stereocenters. The van der Waals surface area contributed by atoms with Gasteiger partial charge in [0.1, 0.15) is 5.52 Å². The van der Waals surface area contributed by atoms with Gasteiger partial charge < -0.3 is 15.1 Å². The summed E-state index contributed by atoms with van der Waals surface area (Å²) in [6.07, 6.45) is 1.07. The molecule has 4 aromatic carbocycles. The number of rotatable bonds is 7. The first-order valence-corrected chi connectivity index (χ1v) is 13.2. The van der Waals surface area contributed by atoms with Crippen molar-refractivity contribution < 1.29 is 9.21 Å². The molecule has 5 nitrogen and oxygen atoms in total. The third-order valence-electron chi connectivity index (χ3n) is 6.73. The number of anilines is 1. The lowest BCUT2D eigenvalue weighted by Gasteiger charge is -2.18. The van der Waals surface area contributed by atoms with Crippen molar-refractivity contribution in [2.24, 2.45) is 0 Å². The van der Waals surface area contributed by atoms with Crippen molar-refractivity contribution in [1.29, 1.82) is 0 Å². The molecule has 2 N–H and O–H groups in total. The summed E-state index contributed by atoms with van der Waals surface area (Å²) in [6.45, 7) is 4.39. The minimum atomic E-state index is -0.483. The largest absolute Gasteiger partial charge is 0.436 e. The second kappa shape index (κ2) is 11.4. The minimum absolute atomic E-state index is 0.202. The van der Waals surface area contributed by atoms with Crippen LogP contribution in [0, 0.1) is 0 Å². The second-order valence-electron chi connectivity index (χ2n) is 9.33. The molecule has 38 heavy (non-hydrogen) atoms. The number of amides is 1. The number of fused-ring (bicyclic) bond motifs is 1. The van der Waals surface area contributed by atoms with Crippen LogP contribution in [0.3, 0.4) is 0 Å².